The Morgan fingerprint density at radius 3 is 2.58 bits per heavy atom. The average Bonchev–Trinajstić information content (AvgIpc) is 2.08. The number of aliphatic hydroxyl groups is 2. The minimum absolute atomic E-state index is 0.139. The smallest absolute Gasteiger partial charge is 0.118 e. The second-order valence-corrected chi connectivity index (χ2v) is 2.74. The molecule has 12 heavy (non-hydrogen) atoms. The summed E-state index contributed by atoms with van der Waals surface area (Å²) in [7, 11) is 0. The van der Waals surface area contributed by atoms with E-state index >= 15 is 0 Å². The third-order valence-corrected chi connectivity index (χ3v) is 1.79. The van der Waals surface area contributed by atoms with Crippen molar-refractivity contribution in [2.75, 3.05) is 6.61 Å². The summed E-state index contributed by atoms with van der Waals surface area (Å²) >= 11 is 0. The third-order valence-electron chi connectivity index (χ3n) is 1.79. The van der Waals surface area contributed by atoms with Crippen molar-refractivity contribution in [1.29, 1.82) is 0 Å². The molecule has 0 fully saturated rings. The van der Waals surface area contributed by atoms with Crippen molar-refractivity contribution in [3.8, 4) is 5.75 Å². The summed E-state index contributed by atoms with van der Waals surface area (Å²) in [4.78, 5) is 0. The lowest BCUT2D eigenvalue weighted by Crippen LogP contribution is -2.01. The number of rotatable bonds is 2. The monoisotopic (exact) mass is 168 g/mol. The first kappa shape index (κ1) is 9.03. The van der Waals surface area contributed by atoms with Crippen LogP contribution in [-0.4, -0.2) is 21.9 Å². The molecular weight excluding hydrogens is 156 g/mol. The first-order valence-corrected chi connectivity index (χ1v) is 3.73. The number of benzene rings is 1. The molecule has 0 spiro atoms. The van der Waals surface area contributed by atoms with Crippen molar-refractivity contribution in [3.63, 3.8) is 0 Å². The van der Waals surface area contributed by atoms with Crippen molar-refractivity contribution >= 4 is 0 Å². The summed E-state index contributed by atoms with van der Waals surface area (Å²) in [5.41, 5.74) is 1.28. The number of phenolic OH excluding ortho intramolecular Hbond substituents is 1. The number of phenols is 1. The van der Waals surface area contributed by atoms with Crippen molar-refractivity contribution in [2.45, 2.75) is 13.0 Å². The van der Waals surface area contributed by atoms with Crippen LogP contribution < -0.4 is 0 Å². The summed E-state index contributed by atoms with van der Waals surface area (Å²) in [6, 6.07) is 4.83. The minimum atomic E-state index is -0.906. The Morgan fingerprint density at radius 1 is 1.42 bits per heavy atom. The first-order chi connectivity index (χ1) is 5.65. The van der Waals surface area contributed by atoms with Gasteiger partial charge in [0.1, 0.15) is 11.9 Å². The van der Waals surface area contributed by atoms with E-state index in [2.05, 4.69) is 0 Å². The molecule has 0 saturated heterocycles. The Labute approximate surface area is 70.9 Å². The van der Waals surface area contributed by atoms with E-state index in [9.17, 15) is 10.2 Å². The standard InChI is InChI=1S/C9H12O3/c1-6-2-3-7(4-8(6)11)9(12)5-10/h2-4,9-12H,5H2,1H3. The lowest BCUT2D eigenvalue weighted by atomic mass is 10.1. The lowest BCUT2D eigenvalue weighted by molar-refractivity contribution is 0.0954. The quantitative estimate of drug-likeness (QED) is 0.610. The zero-order valence-electron chi connectivity index (χ0n) is 6.86. The molecule has 0 aliphatic carbocycles. The molecule has 0 aromatic heterocycles. The Balaban J connectivity index is 2.96. The Morgan fingerprint density at radius 2 is 2.08 bits per heavy atom. The largest absolute Gasteiger partial charge is 0.508 e. The molecule has 0 saturated carbocycles. The highest BCUT2D eigenvalue weighted by Crippen LogP contribution is 2.21. The predicted molar refractivity (Wildman–Crippen MR) is 44.9 cm³/mol. The van der Waals surface area contributed by atoms with Crippen LogP contribution in [-0.2, 0) is 0 Å². The minimum Gasteiger partial charge on any atom is -0.508 e. The number of aryl methyl sites for hydroxylation is 1. The van der Waals surface area contributed by atoms with Crippen LogP contribution in [0.25, 0.3) is 0 Å². The van der Waals surface area contributed by atoms with Crippen LogP contribution in [0.4, 0.5) is 0 Å². The van der Waals surface area contributed by atoms with Crippen molar-refractivity contribution in [1.82, 2.24) is 0 Å². The molecule has 0 bridgehead atoms. The number of aliphatic hydroxyl groups excluding tert-OH is 2. The predicted octanol–water partition coefficient (Wildman–Crippen LogP) is 0.726. The van der Waals surface area contributed by atoms with Gasteiger partial charge in [-0.05, 0) is 24.1 Å². The van der Waals surface area contributed by atoms with E-state index in [1.54, 1.807) is 19.1 Å². The molecule has 1 unspecified atom stereocenters. The van der Waals surface area contributed by atoms with E-state index < -0.39 is 6.10 Å². The van der Waals surface area contributed by atoms with Gasteiger partial charge in [-0.15, -0.1) is 0 Å². The SMILES string of the molecule is Cc1ccc(C(O)CO)cc1O. The van der Waals surface area contributed by atoms with Gasteiger partial charge in [0.25, 0.3) is 0 Å². The molecule has 0 amide bonds. The molecule has 1 atom stereocenters. The number of aromatic hydroxyl groups is 1. The molecule has 0 heterocycles. The normalized spacial score (nSPS) is 12.9. The van der Waals surface area contributed by atoms with E-state index in [1.165, 1.54) is 6.07 Å². The fourth-order valence-electron chi connectivity index (χ4n) is 0.939. The molecule has 0 aliphatic heterocycles. The van der Waals surface area contributed by atoms with Crippen LogP contribution in [0.15, 0.2) is 18.2 Å². The third kappa shape index (κ3) is 1.75. The Kier molecular flexibility index (Phi) is 2.68. The van der Waals surface area contributed by atoms with Crippen molar-refractivity contribution < 1.29 is 15.3 Å². The van der Waals surface area contributed by atoms with Gasteiger partial charge in [0.15, 0.2) is 0 Å². The van der Waals surface area contributed by atoms with Crippen LogP contribution in [0, 0.1) is 6.92 Å². The molecule has 0 aliphatic rings. The second-order valence-electron chi connectivity index (χ2n) is 2.74. The van der Waals surface area contributed by atoms with Gasteiger partial charge in [0.2, 0.25) is 0 Å². The van der Waals surface area contributed by atoms with Gasteiger partial charge in [-0.3, -0.25) is 0 Å². The van der Waals surface area contributed by atoms with Gasteiger partial charge in [-0.1, -0.05) is 12.1 Å². The van der Waals surface area contributed by atoms with Gasteiger partial charge in [0.05, 0.1) is 6.61 Å². The molecule has 1 aromatic carbocycles. The lowest BCUT2D eigenvalue weighted by Gasteiger charge is -2.08. The number of hydrogen-bond acceptors (Lipinski definition) is 3. The van der Waals surface area contributed by atoms with Crippen molar-refractivity contribution in [2.24, 2.45) is 0 Å². The van der Waals surface area contributed by atoms with E-state index in [1.807, 2.05) is 0 Å². The van der Waals surface area contributed by atoms with Gasteiger partial charge in [-0.2, -0.15) is 0 Å². The van der Waals surface area contributed by atoms with Crippen LogP contribution in [0.3, 0.4) is 0 Å². The van der Waals surface area contributed by atoms with E-state index in [4.69, 9.17) is 5.11 Å². The Bertz CT molecular complexity index is 270. The van der Waals surface area contributed by atoms with Crippen LogP contribution in [0.1, 0.15) is 17.2 Å². The second kappa shape index (κ2) is 3.56. The Hall–Kier alpha value is -1.06. The molecule has 1 rings (SSSR count). The fraction of sp³-hybridized carbons (Fsp3) is 0.333. The van der Waals surface area contributed by atoms with E-state index in [0.717, 1.165) is 5.56 Å². The zero-order valence-corrected chi connectivity index (χ0v) is 6.86. The molecule has 3 heteroatoms. The highest BCUT2D eigenvalue weighted by atomic mass is 16.3. The molecule has 0 radical (unpaired) electrons. The molecule has 3 nitrogen and oxygen atoms in total. The summed E-state index contributed by atoms with van der Waals surface area (Å²) in [5.74, 6) is 0.139. The molecule has 1 aromatic rings. The highest BCUT2D eigenvalue weighted by Gasteiger charge is 2.06. The topological polar surface area (TPSA) is 60.7 Å². The molecule has 3 N–H and O–H groups in total. The van der Waals surface area contributed by atoms with Gasteiger partial charge in [0, 0.05) is 0 Å². The maximum absolute atomic E-state index is 9.25. The van der Waals surface area contributed by atoms with E-state index in [0.29, 0.717) is 5.56 Å². The van der Waals surface area contributed by atoms with Crippen LogP contribution in [0.2, 0.25) is 0 Å². The summed E-state index contributed by atoms with van der Waals surface area (Å²) in [5, 5.41) is 27.1. The molecule has 66 valence electrons. The zero-order chi connectivity index (χ0) is 9.14. The van der Waals surface area contributed by atoms with Crippen LogP contribution in [0.5, 0.6) is 5.75 Å². The van der Waals surface area contributed by atoms with Crippen LogP contribution >= 0.6 is 0 Å². The summed E-state index contributed by atoms with van der Waals surface area (Å²) < 4.78 is 0. The maximum Gasteiger partial charge on any atom is 0.118 e. The maximum atomic E-state index is 9.25. The molecular formula is C9H12O3. The highest BCUT2D eigenvalue weighted by molar-refractivity contribution is 5.36. The average molecular weight is 168 g/mol. The summed E-state index contributed by atoms with van der Waals surface area (Å²) in [6.07, 6.45) is -0.906. The van der Waals surface area contributed by atoms with Gasteiger partial charge in [-0.25, -0.2) is 0 Å². The first-order valence-electron chi connectivity index (χ1n) is 3.73. The van der Waals surface area contributed by atoms with Gasteiger partial charge < -0.3 is 15.3 Å². The fourth-order valence-corrected chi connectivity index (χ4v) is 0.939. The van der Waals surface area contributed by atoms with E-state index in [-0.39, 0.29) is 12.4 Å². The summed E-state index contributed by atoms with van der Waals surface area (Å²) in [6.45, 7) is 1.44. The van der Waals surface area contributed by atoms with Gasteiger partial charge >= 0.3 is 0 Å². The number of hydrogen-bond donors (Lipinski definition) is 3. The van der Waals surface area contributed by atoms with Crippen molar-refractivity contribution in [3.05, 3.63) is 29.3 Å².